The van der Waals surface area contributed by atoms with Crippen molar-refractivity contribution in [3.8, 4) is 5.75 Å². The highest BCUT2D eigenvalue weighted by Gasteiger charge is 2.15. The normalized spacial score (nSPS) is 10.7. The van der Waals surface area contributed by atoms with E-state index in [-0.39, 0.29) is 22.6 Å². The fourth-order valence-electron chi connectivity index (χ4n) is 2.40. The van der Waals surface area contributed by atoms with Gasteiger partial charge in [-0.1, -0.05) is 0 Å². The van der Waals surface area contributed by atoms with E-state index < -0.39 is 5.97 Å². The van der Waals surface area contributed by atoms with Crippen LogP contribution in [0.2, 0.25) is 0 Å². The lowest BCUT2D eigenvalue weighted by molar-refractivity contribution is 0.103. The monoisotopic (exact) mass is 311 g/mol. The van der Waals surface area contributed by atoms with Crippen LogP contribution < -0.4 is 10.5 Å². The number of carbonyl (C=O) groups is 1. The summed E-state index contributed by atoms with van der Waals surface area (Å²) in [4.78, 5) is 15.6. The van der Waals surface area contributed by atoms with Crippen LogP contribution in [0.4, 0.5) is 10.1 Å². The van der Waals surface area contributed by atoms with Gasteiger partial charge in [-0.3, -0.25) is 10.2 Å². The summed E-state index contributed by atoms with van der Waals surface area (Å²) in [5, 5.41) is 7.91. The molecule has 0 amide bonds. The predicted octanol–water partition coefficient (Wildman–Crippen LogP) is 3.28. The summed E-state index contributed by atoms with van der Waals surface area (Å²) in [5.74, 6) is -0.780. The Kier molecular flexibility index (Phi) is 3.57. The average Bonchev–Trinajstić information content (AvgIpc) is 2.97. The summed E-state index contributed by atoms with van der Waals surface area (Å²) >= 11 is 0. The number of benzene rings is 2. The molecule has 0 aliphatic carbocycles. The van der Waals surface area contributed by atoms with Crippen molar-refractivity contribution in [3.63, 3.8) is 0 Å². The maximum absolute atomic E-state index is 13.2. The van der Waals surface area contributed by atoms with Crippen molar-refractivity contribution >= 4 is 28.3 Å². The van der Waals surface area contributed by atoms with Crippen molar-refractivity contribution in [2.24, 2.45) is 0 Å². The molecule has 0 aliphatic rings. The Bertz CT molecular complexity index is 931. The summed E-state index contributed by atoms with van der Waals surface area (Å²) in [6, 6.07) is 11.3. The van der Waals surface area contributed by atoms with Crippen LogP contribution in [0.5, 0.6) is 5.75 Å². The van der Waals surface area contributed by atoms with Crippen LogP contribution in [-0.2, 0) is 0 Å². The van der Waals surface area contributed by atoms with E-state index in [4.69, 9.17) is 15.9 Å². The van der Waals surface area contributed by atoms with Gasteiger partial charge in [-0.05, 0) is 42.5 Å². The van der Waals surface area contributed by atoms with Gasteiger partial charge in [0.25, 0.3) is 0 Å². The zero-order valence-corrected chi connectivity index (χ0v) is 12.3. The second-order valence-electron chi connectivity index (χ2n) is 5.08. The highest BCUT2D eigenvalue weighted by Crippen LogP contribution is 2.24. The van der Waals surface area contributed by atoms with Gasteiger partial charge in [0.1, 0.15) is 5.75 Å². The zero-order valence-electron chi connectivity index (χ0n) is 12.3. The second kappa shape index (κ2) is 5.57. The van der Waals surface area contributed by atoms with E-state index in [0.717, 1.165) is 10.9 Å². The molecule has 116 valence electrons. The molecule has 0 fully saturated rings. The Morgan fingerprint density at radius 2 is 2.00 bits per heavy atom. The fourth-order valence-corrected chi connectivity index (χ4v) is 2.40. The minimum atomic E-state index is -1.17. The third-order valence-corrected chi connectivity index (χ3v) is 3.62. The van der Waals surface area contributed by atoms with Gasteiger partial charge in [0.15, 0.2) is 0 Å². The minimum absolute atomic E-state index is 0.0892. The number of nitrogen functional groups attached to an aromatic ring is 1. The van der Waals surface area contributed by atoms with Gasteiger partial charge in [-0.25, -0.2) is 0 Å². The smallest absolute Gasteiger partial charge is 0.214 e. The van der Waals surface area contributed by atoms with Gasteiger partial charge in [0, 0.05) is 22.2 Å². The molecule has 0 radical (unpaired) electrons. The maximum atomic E-state index is 13.2. The number of ketones is 1. The molecule has 5 nitrogen and oxygen atoms in total. The molecule has 23 heavy (non-hydrogen) atoms. The van der Waals surface area contributed by atoms with Gasteiger partial charge < -0.3 is 15.5 Å². The quantitative estimate of drug-likeness (QED) is 0.392. The van der Waals surface area contributed by atoms with Crippen LogP contribution in [-0.4, -0.2) is 23.8 Å². The molecule has 0 saturated carbocycles. The molecule has 1 aromatic heterocycles. The van der Waals surface area contributed by atoms with Gasteiger partial charge in [-0.15, -0.1) is 0 Å². The van der Waals surface area contributed by atoms with Gasteiger partial charge in [0.2, 0.25) is 11.7 Å². The first-order valence-electron chi connectivity index (χ1n) is 6.85. The predicted molar refractivity (Wildman–Crippen MR) is 87.1 cm³/mol. The largest absolute Gasteiger partial charge is 0.497 e. The second-order valence-corrected chi connectivity index (χ2v) is 5.08. The van der Waals surface area contributed by atoms with E-state index in [1.807, 2.05) is 12.1 Å². The number of carbonyl (C=O) groups excluding carboxylic acids is 1. The number of nitrogens with two attached hydrogens (primary N) is 1. The number of H-pyrrole nitrogens is 1. The van der Waals surface area contributed by atoms with Crippen LogP contribution in [0.1, 0.15) is 21.6 Å². The molecule has 0 aliphatic heterocycles. The number of aromatic nitrogens is 1. The average molecular weight is 311 g/mol. The van der Waals surface area contributed by atoms with Crippen LogP contribution in [0.3, 0.4) is 0 Å². The Balaban J connectivity index is 2.03. The van der Waals surface area contributed by atoms with E-state index in [2.05, 4.69) is 4.98 Å². The van der Waals surface area contributed by atoms with Crippen molar-refractivity contribution in [3.05, 3.63) is 59.3 Å². The molecule has 4 N–H and O–H groups in total. The van der Waals surface area contributed by atoms with Crippen molar-refractivity contribution in [1.29, 1.82) is 5.41 Å². The van der Waals surface area contributed by atoms with Crippen LogP contribution in [0, 0.1) is 5.41 Å². The van der Waals surface area contributed by atoms with Crippen molar-refractivity contribution in [2.75, 3.05) is 12.8 Å². The molecule has 6 heteroatoms. The number of halogens is 1. The zero-order chi connectivity index (χ0) is 16.6. The van der Waals surface area contributed by atoms with Gasteiger partial charge in [-0.2, -0.15) is 4.39 Å². The standard InChI is InChI=1S/C17H14FN3O2/c1-23-11-3-5-14-10(6-11)8-15(21-14)16(22)9-2-4-13(19)12(7-9)17(18)20/h2-8,20-21H,19H2,1H3. The number of hydrogen-bond donors (Lipinski definition) is 3. The summed E-state index contributed by atoms with van der Waals surface area (Å²) < 4.78 is 18.3. The van der Waals surface area contributed by atoms with Crippen molar-refractivity contribution in [1.82, 2.24) is 4.98 Å². The molecule has 3 aromatic rings. The molecule has 2 aromatic carbocycles. The number of nitrogens with one attached hydrogen (secondary N) is 2. The first-order valence-corrected chi connectivity index (χ1v) is 6.85. The molecule has 0 spiro atoms. The maximum Gasteiger partial charge on any atom is 0.214 e. The number of methoxy groups -OCH3 is 1. The molecule has 0 saturated heterocycles. The highest BCUT2D eigenvalue weighted by molar-refractivity contribution is 6.11. The Labute approximate surface area is 131 Å². The lowest BCUT2D eigenvalue weighted by Crippen LogP contribution is -2.05. The Morgan fingerprint density at radius 1 is 1.22 bits per heavy atom. The first-order chi connectivity index (χ1) is 11.0. The summed E-state index contributed by atoms with van der Waals surface area (Å²) in [5.41, 5.74) is 7.06. The lowest BCUT2D eigenvalue weighted by atomic mass is 10.0. The van der Waals surface area contributed by atoms with E-state index in [1.54, 1.807) is 19.2 Å². The number of hydrogen-bond acceptors (Lipinski definition) is 4. The minimum Gasteiger partial charge on any atom is -0.497 e. The molecular weight excluding hydrogens is 297 g/mol. The first kappa shape index (κ1) is 14.8. The van der Waals surface area contributed by atoms with Gasteiger partial charge in [0.05, 0.1) is 18.4 Å². The number of ether oxygens (including phenoxy) is 1. The number of fused-ring (bicyclic) bond motifs is 1. The van der Waals surface area contributed by atoms with E-state index >= 15 is 0 Å². The number of aromatic amines is 1. The highest BCUT2D eigenvalue weighted by atomic mass is 19.1. The Morgan fingerprint density at radius 3 is 2.70 bits per heavy atom. The summed E-state index contributed by atoms with van der Waals surface area (Å²) in [6.07, 6.45) is 0. The molecule has 0 atom stereocenters. The molecule has 3 rings (SSSR count). The van der Waals surface area contributed by atoms with Crippen LogP contribution in [0.15, 0.2) is 42.5 Å². The number of anilines is 1. The van der Waals surface area contributed by atoms with Crippen LogP contribution >= 0.6 is 0 Å². The summed E-state index contributed by atoms with van der Waals surface area (Å²) in [6.45, 7) is 0. The molecule has 1 heterocycles. The Hall–Kier alpha value is -3.15. The molecular formula is C17H14FN3O2. The third-order valence-electron chi connectivity index (χ3n) is 3.62. The SMILES string of the molecule is COc1ccc2[nH]c(C(=O)c3ccc(N)c(C(=N)F)c3)cc2c1. The molecule has 0 unspecified atom stereocenters. The van der Waals surface area contributed by atoms with E-state index in [1.165, 1.54) is 18.2 Å². The van der Waals surface area contributed by atoms with Crippen molar-refractivity contribution in [2.45, 2.75) is 0 Å². The molecule has 0 bridgehead atoms. The number of rotatable bonds is 4. The van der Waals surface area contributed by atoms with E-state index in [0.29, 0.717) is 11.4 Å². The van der Waals surface area contributed by atoms with Gasteiger partial charge >= 0.3 is 0 Å². The van der Waals surface area contributed by atoms with E-state index in [9.17, 15) is 9.18 Å². The fraction of sp³-hybridized carbons (Fsp3) is 0.0588. The van der Waals surface area contributed by atoms with Crippen molar-refractivity contribution < 1.29 is 13.9 Å². The summed E-state index contributed by atoms with van der Waals surface area (Å²) in [7, 11) is 1.57. The lowest BCUT2D eigenvalue weighted by Gasteiger charge is -2.04. The van der Waals surface area contributed by atoms with Crippen LogP contribution in [0.25, 0.3) is 10.9 Å². The third kappa shape index (κ3) is 2.66. The topological polar surface area (TPSA) is 92.0 Å².